The van der Waals surface area contributed by atoms with E-state index in [0.717, 1.165) is 28.4 Å². The molecule has 0 aliphatic carbocycles. The van der Waals surface area contributed by atoms with E-state index in [9.17, 15) is 4.79 Å². The summed E-state index contributed by atoms with van der Waals surface area (Å²) in [4.78, 5) is 12.6. The normalized spacial score (nSPS) is 10.7. The van der Waals surface area contributed by atoms with Gasteiger partial charge in [0.05, 0.1) is 30.2 Å². The highest BCUT2D eigenvalue weighted by molar-refractivity contribution is 6.30. The summed E-state index contributed by atoms with van der Waals surface area (Å²) in [5.41, 5.74) is 4.02. The minimum atomic E-state index is -0.174. The van der Waals surface area contributed by atoms with Gasteiger partial charge in [0.25, 0.3) is 5.91 Å². The largest absolute Gasteiger partial charge is 0.494 e. The van der Waals surface area contributed by atoms with E-state index in [1.54, 1.807) is 24.3 Å². The van der Waals surface area contributed by atoms with Crippen LogP contribution in [0.15, 0.2) is 48.5 Å². The predicted octanol–water partition coefficient (Wildman–Crippen LogP) is 4.85. The van der Waals surface area contributed by atoms with E-state index in [1.165, 1.54) is 0 Å². The van der Waals surface area contributed by atoms with Crippen LogP contribution in [0.25, 0.3) is 0 Å². The lowest BCUT2D eigenvalue weighted by Gasteiger charge is -2.08. The van der Waals surface area contributed by atoms with E-state index in [0.29, 0.717) is 23.7 Å². The number of nitrogens with zero attached hydrogens (tertiary/aromatic N) is 2. The van der Waals surface area contributed by atoms with Crippen molar-refractivity contribution in [2.75, 3.05) is 11.9 Å². The highest BCUT2D eigenvalue weighted by atomic mass is 35.5. The molecule has 0 aliphatic rings. The second-order valence-corrected chi connectivity index (χ2v) is 6.68. The van der Waals surface area contributed by atoms with Crippen LogP contribution < -0.4 is 10.1 Å². The Morgan fingerprint density at radius 1 is 1.19 bits per heavy atom. The minimum Gasteiger partial charge on any atom is -0.494 e. The molecule has 3 rings (SSSR count). The first-order valence-electron chi connectivity index (χ1n) is 8.80. The van der Waals surface area contributed by atoms with Crippen LogP contribution >= 0.6 is 11.6 Å². The van der Waals surface area contributed by atoms with Gasteiger partial charge in [-0.25, -0.2) is 0 Å². The summed E-state index contributed by atoms with van der Waals surface area (Å²) in [7, 11) is 0. The summed E-state index contributed by atoms with van der Waals surface area (Å²) in [6.07, 6.45) is 0. The number of amides is 1. The number of ether oxygens (including phenoxy) is 1. The van der Waals surface area contributed by atoms with E-state index in [4.69, 9.17) is 16.3 Å². The van der Waals surface area contributed by atoms with Crippen molar-refractivity contribution in [3.63, 3.8) is 0 Å². The molecule has 1 aromatic heterocycles. The number of halogens is 1. The van der Waals surface area contributed by atoms with Gasteiger partial charge >= 0.3 is 0 Å². The number of hydrogen-bond donors (Lipinski definition) is 1. The number of nitrogens with one attached hydrogen (secondary N) is 1. The Labute approximate surface area is 163 Å². The number of hydrogen-bond acceptors (Lipinski definition) is 3. The first-order chi connectivity index (χ1) is 13.0. The molecule has 0 saturated heterocycles. The van der Waals surface area contributed by atoms with E-state index >= 15 is 0 Å². The first-order valence-corrected chi connectivity index (χ1v) is 9.18. The molecule has 1 heterocycles. The monoisotopic (exact) mass is 383 g/mol. The van der Waals surface area contributed by atoms with E-state index in [-0.39, 0.29) is 5.91 Å². The molecule has 0 fully saturated rings. The molecule has 2 aromatic carbocycles. The van der Waals surface area contributed by atoms with Crippen LogP contribution in [-0.2, 0) is 6.54 Å². The summed E-state index contributed by atoms with van der Waals surface area (Å²) < 4.78 is 7.28. The Bertz CT molecular complexity index is 949. The summed E-state index contributed by atoms with van der Waals surface area (Å²) in [5, 5.41) is 8.23. The lowest BCUT2D eigenvalue weighted by Crippen LogP contribution is -2.13. The quantitative estimate of drug-likeness (QED) is 0.661. The summed E-state index contributed by atoms with van der Waals surface area (Å²) in [6, 6.07) is 14.8. The zero-order chi connectivity index (χ0) is 19.4. The van der Waals surface area contributed by atoms with Crippen LogP contribution in [0.4, 0.5) is 5.69 Å². The van der Waals surface area contributed by atoms with Crippen molar-refractivity contribution in [2.24, 2.45) is 0 Å². The third-order valence-corrected chi connectivity index (χ3v) is 4.50. The smallest absolute Gasteiger partial charge is 0.255 e. The number of aromatic nitrogens is 2. The maximum absolute atomic E-state index is 12.6. The number of rotatable bonds is 6. The molecule has 0 unspecified atom stereocenters. The second-order valence-electron chi connectivity index (χ2n) is 6.24. The van der Waals surface area contributed by atoms with E-state index < -0.39 is 0 Å². The Balaban J connectivity index is 1.77. The van der Waals surface area contributed by atoms with Gasteiger partial charge in [-0.15, -0.1) is 0 Å². The van der Waals surface area contributed by atoms with Gasteiger partial charge in [-0.1, -0.05) is 23.7 Å². The topological polar surface area (TPSA) is 56.1 Å². The average molecular weight is 384 g/mol. The second kappa shape index (κ2) is 8.27. The van der Waals surface area contributed by atoms with E-state index in [2.05, 4.69) is 10.4 Å². The predicted molar refractivity (Wildman–Crippen MR) is 108 cm³/mol. The molecule has 0 bridgehead atoms. The number of carbonyl (C=O) groups excluding carboxylic acids is 1. The number of carbonyl (C=O) groups is 1. The standard InChI is InChI=1S/C21H22ClN3O2/c1-4-27-19-10-8-17(9-11-19)21(26)23-20-14(2)24-25(15(20)3)13-16-6-5-7-18(22)12-16/h5-12H,4,13H2,1-3H3,(H,23,26). The fourth-order valence-corrected chi connectivity index (χ4v) is 3.11. The van der Waals surface area contributed by atoms with Gasteiger partial charge in [-0.3, -0.25) is 9.48 Å². The molecule has 3 aromatic rings. The molecule has 0 radical (unpaired) electrons. The van der Waals surface area contributed by atoms with Gasteiger partial charge in [0, 0.05) is 10.6 Å². The van der Waals surface area contributed by atoms with Gasteiger partial charge in [0.15, 0.2) is 0 Å². The first kappa shape index (κ1) is 19.0. The van der Waals surface area contributed by atoms with Crippen LogP contribution in [0.5, 0.6) is 5.75 Å². The number of benzene rings is 2. The lowest BCUT2D eigenvalue weighted by molar-refractivity contribution is 0.102. The molecule has 27 heavy (non-hydrogen) atoms. The number of anilines is 1. The highest BCUT2D eigenvalue weighted by Crippen LogP contribution is 2.22. The van der Waals surface area contributed by atoms with Gasteiger partial charge in [-0.2, -0.15) is 5.10 Å². The van der Waals surface area contributed by atoms with Gasteiger partial charge in [0.1, 0.15) is 5.75 Å². The maximum atomic E-state index is 12.6. The molecular formula is C21H22ClN3O2. The fraction of sp³-hybridized carbons (Fsp3) is 0.238. The minimum absolute atomic E-state index is 0.174. The fourth-order valence-electron chi connectivity index (χ4n) is 2.89. The molecule has 1 amide bonds. The third kappa shape index (κ3) is 4.49. The van der Waals surface area contributed by atoms with Crippen LogP contribution in [0.3, 0.4) is 0 Å². The molecular weight excluding hydrogens is 362 g/mol. The van der Waals surface area contributed by atoms with Crippen molar-refractivity contribution < 1.29 is 9.53 Å². The van der Waals surface area contributed by atoms with Crippen molar-refractivity contribution in [2.45, 2.75) is 27.3 Å². The number of aryl methyl sites for hydroxylation is 1. The van der Waals surface area contributed by atoms with Crippen molar-refractivity contribution in [1.82, 2.24) is 9.78 Å². The molecule has 0 aliphatic heterocycles. The summed E-state index contributed by atoms with van der Waals surface area (Å²) in [6.45, 7) is 6.93. The maximum Gasteiger partial charge on any atom is 0.255 e. The highest BCUT2D eigenvalue weighted by Gasteiger charge is 2.15. The molecule has 0 spiro atoms. The zero-order valence-electron chi connectivity index (χ0n) is 15.6. The Kier molecular flexibility index (Phi) is 5.81. The van der Waals surface area contributed by atoms with Crippen molar-refractivity contribution in [3.8, 4) is 5.75 Å². The van der Waals surface area contributed by atoms with Crippen LogP contribution in [0.1, 0.15) is 34.2 Å². The molecule has 0 saturated carbocycles. The Morgan fingerprint density at radius 2 is 1.93 bits per heavy atom. The molecule has 6 heteroatoms. The van der Waals surface area contributed by atoms with Crippen LogP contribution in [-0.4, -0.2) is 22.3 Å². The zero-order valence-corrected chi connectivity index (χ0v) is 16.4. The van der Waals surface area contributed by atoms with Crippen molar-refractivity contribution in [3.05, 3.63) is 76.1 Å². The lowest BCUT2D eigenvalue weighted by atomic mass is 10.2. The molecule has 0 atom stereocenters. The van der Waals surface area contributed by atoms with E-state index in [1.807, 2.05) is 49.7 Å². The van der Waals surface area contributed by atoms with Gasteiger partial charge in [-0.05, 0) is 62.7 Å². The Morgan fingerprint density at radius 3 is 2.59 bits per heavy atom. The van der Waals surface area contributed by atoms with Crippen molar-refractivity contribution in [1.29, 1.82) is 0 Å². The third-order valence-electron chi connectivity index (χ3n) is 4.27. The Hall–Kier alpha value is -2.79. The van der Waals surface area contributed by atoms with Gasteiger partial charge < -0.3 is 10.1 Å². The van der Waals surface area contributed by atoms with Crippen LogP contribution in [0.2, 0.25) is 5.02 Å². The SMILES string of the molecule is CCOc1ccc(C(=O)Nc2c(C)nn(Cc3cccc(Cl)c3)c2C)cc1. The summed E-state index contributed by atoms with van der Waals surface area (Å²) >= 11 is 6.06. The van der Waals surface area contributed by atoms with Crippen LogP contribution in [0, 0.1) is 13.8 Å². The van der Waals surface area contributed by atoms with Crippen molar-refractivity contribution >= 4 is 23.2 Å². The molecule has 5 nitrogen and oxygen atoms in total. The van der Waals surface area contributed by atoms with Gasteiger partial charge in [0.2, 0.25) is 0 Å². The molecule has 140 valence electrons. The molecule has 1 N–H and O–H groups in total. The summed E-state index contributed by atoms with van der Waals surface area (Å²) in [5.74, 6) is 0.572. The average Bonchev–Trinajstić information content (AvgIpc) is 2.90.